The summed E-state index contributed by atoms with van der Waals surface area (Å²) in [6.45, 7) is 2.40. The highest BCUT2D eigenvalue weighted by Gasteiger charge is 2.42. The Kier molecular flexibility index (Phi) is 7.71. The van der Waals surface area contributed by atoms with Crippen molar-refractivity contribution in [3.8, 4) is 0 Å². The standard InChI is InChI=1S/C27H29F3N6O3/c28-27(29,30)23-22(39-26(34-23)36-13-5-2-6-14-36)25(38)33-20-9-10-21(31-17-20)35-15-11-19(12-16-35)32-24(37)18-7-3-1-4-8-18/h1,3-4,7-10,17,19H,2,5-6,11-16H2,(H,32,37)(H,33,38). The number of aromatic nitrogens is 2. The third kappa shape index (κ3) is 6.32. The molecule has 0 unspecified atom stereocenters. The highest BCUT2D eigenvalue weighted by atomic mass is 19.4. The summed E-state index contributed by atoms with van der Waals surface area (Å²) in [5.41, 5.74) is -0.486. The lowest BCUT2D eigenvalue weighted by atomic mass is 10.0. The van der Waals surface area contributed by atoms with E-state index in [1.54, 1.807) is 29.2 Å². The van der Waals surface area contributed by atoms with Crippen LogP contribution in [0, 0.1) is 0 Å². The van der Waals surface area contributed by atoms with E-state index < -0.39 is 23.5 Å². The number of anilines is 3. The van der Waals surface area contributed by atoms with E-state index in [1.807, 2.05) is 18.2 Å². The van der Waals surface area contributed by atoms with Gasteiger partial charge in [0, 0.05) is 37.8 Å². The normalized spacial score (nSPS) is 16.7. The number of piperidine rings is 2. The second-order valence-corrected chi connectivity index (χ2v) is 9.68. The van der Waals surface area contributed by atoms with E-state index in [2.05, 4.69) is 25.5 Å². The van der Waals surface area contributed by atoms with Crippen LogP contribution in [0.25, 0.3) is 0 Å². The van der Waals surface area contributed by atoms with Crippen molar-refractivity contribution in [1.82, 2.24) is 15.3 Å². The summed E-state index contributed by atoms with van der Waals surface area (Å²) >= 11 is 0. The van der Waals surface area contributed by atoms with E-state index in [-0.39, 0.29) is 23.7 Å². The summed E-state index contributed by atoms with van der Waals surface area (Å²) < 4.78 is 46.1. The van der Waals surface area contributed by atoms with E-state index in [1.165, 1.54) is 6.20 Å². The minimum absolute atomic E-state index is 0.0482. The number of hydrogen-bond donors (Lipinski definition) is 2. The van der Waals surface area contributed by atoms with Gasteiger partial charge in [0.2, 0.25) is 5.76 Å². The lowest BCUT2D eigenvalue weighted by Gasteiger charge is -2.33. The van der Waals surface area contributed by atoms with Crippen molar-refractivity contribution < 1.29 is 27.2 Å². The smallest absolute Gasteiger partial charge is 0.417 e. The number of nitrogens with one attached hydrogen (secondary N) is 2. The Balaban J connectivity index is 1.19. The average Bonchev–Trinajstić information content (AvgIpc) is 3.42. The first-order chi connectivity index (χ1) is 18.8. The minimum atomic E-state index is -4.83. The summed E-state index contributed by atoms with van der Waals surface area (Å²) in [4.78, 5) is 36.8. The second kappa shape index (κ2) is 11.3. The van der Waals surface area contributed by atoms with Gasteiger partial charge in [-0.3, -0.25) is 9.59 Å². The molecule has 2 aliphatic rings. The molecule has 2 saturated heterocycles. The average molecular weight is 543 g/mol. The van der Waals surface area contributed by atoms with Crippen LogP contribution >= 0.6 is 0 Å². The summed E-state index contributed by atoms with van der Waals surface area (Å²) in [6, 6.07) is 12.2. The first kappa shape index (κ1) is 26.5. The van der Waals surface area contributed by atoms with Gasteiger partial charge in [0.05, 0.1) is 11.9 Å². The lowest BCUT2D eigenvalue weighted by molar-refractivity contribution is -0.141. The van der Waals surface area contributed by atoms with Gasteiger partial charge in [-0.15, -0.1) is 0 Å². The molecule has 0 radical (unpaired) electrons. The van der Waals surface area contributed by atoms with E-state index in [4.69, 9.17) is 4.42 Å². The van der Waals surface area contributed by atoms with Crippen molar-refractivity contribution in [3.63, 3.8) is 0 Å². The molecule has 0 spiro atoms. The molecule has 0 saturated carbocycles. The van der Waals surface area contributed by atoms with Gasteiger partial charge in [-0.05, 0) is 56.4 Å². The van der Waals surface area contributed by atoms with Crippen LogP contribution in [-0.4, -0.2) is 54.0 Å². The molecule has 39 heavy (non-hydrogen) atoms. The SMILES string of the molecule is O=C(NC1CCN(c2ccc(NC(=O)c3oc(N4CCCCC4)nc3C(F)(F)F)cn2)CC1)c1ccccc1. The largest absolute Gasteiger partial charge is 0.437 e. The van der Waals surface area contributed by atoms with Gasteiger partial charge in [0.25, 0.3) is 17.8 Å². The van der Waals surface area contributed by atoms with Crippen LogP contribution in [0.2, 0.25) is 0 Å². The summed E-state index contributed by atoms with van der Waals surface area (Å²) in [5.74, 6) is -1.34. The molecular formula is C27H29F3N6O3. The molecule has 9 nitrogen and oxygen atoms in total. The first-order valence-electron chi connectivity index (χ1n) is 13.0. The van der Waals surface area contributed by atoms with Crippen LogP contribution < -0.4 is 20.4 Å². The summed E-state index contributed by atoms with van der Waals surface area (Å²) in [5, 5.41) is 5.50. The van der Waals surface area contributed by atoms with E-state index in [0.717, 1.165) is 32.1 Å². The summed E-state index contributed by atoms with van der Waals surface area (Å²) in [7, 11) is 0. The van der Waals surface area contributed by atoms with Crippen LogP contribution in [0.15, 0.2) is 53.1 Å². The van der Waals surface area contributed by atoms with E-state index >= 15 is 0 Å². The van der Waals surface area contributed by atoms with Gasteiger partial charge in [-0.2, -0.15) is 18.2 Å². The third-order valence-corrected chi connectivity index (χ3v) is 6.91. The maximum atomic E-state index is 13.6. The van der Waals surface area contributed by atoms with Crippen molar-refractivity contribution in [2.24, 2.45) is 0 Å². The minimum Gasteiger partial charge on any atom is -0.417 e. The van der Waals surface area contributed by atoms with Crippen LogP contribution in [0.5, 0.6) is 0 Å². The molecule has 12 heteroatoms. The fraction of sp³-hybridized carbons (Fsp3) is 0.407. The zero-order chi connectivity index (χ0) is 27.4. The number of amides is 2. The predicted molar refractivity (Wildman–Crippen MR) is 139 cm³/mol. The van der Waals surface area contributed by atoms with Gasteiger partial charge in [-0.1, -0.05) is 18.2 Å². The molecule has 2 aliphatic heterocycles. The Morgan fingerprint density at radius 2 is 1.62 bits per heavy atom. The van der Waals surface area contributed by atoms with Gasteiger partial charge in [0.15, 0.2) is 5.69 Å². The highest BCUT2D eigenvalue weighted by Crippen LogP contribution is 2.35. The molecule has 4 heterocycles. The van der Waals surface area contributed by atoms with Crippen molar-refractivity contribution in [1.29, 1.82) is 0 Å². The molecule has 206 valence electrons. The monoisotopic (exact) mass is 542 g/mol. The Labute approximate surface area is 223 Å². The number of carbonyl (C=O) groups excluding carboxylic acids is 2. The first-order valence-corrected chi connectivity index (χ1v) is 13.0. The Bertz CT molecular complexity index is 1280. The molecule has 2 N–H and O–H groups in total. The van der Waals surface area contributed by atoms with Crippen molar-refractivity contribution in [3.05, 3.63) is 65.7 Å². The van der Waals surface area contributed by atoms with Crippen LogP contribution in [-0.2, 0) is 6.18 Å². The molecule has 2 aromatic heterocycles. The Hall–Kier alpha value is -4.09. The Morgan fingerprint density at radius 3 is 2.26 bits per heavy atom. The highest BCUT2D eigenvalue weighted by molar-refractivity contribution is 6.03. The van der Waals surface area contributed by atoms with Crippen LogP contribution in [0.3, 0.4) is 0 Å². The third-order valence-electron chi connectivity index (χ3n) is 6.91. The number of halogens is 3. The predicted octanol–water partition coefficient (Wildman–Crippen LogP) is 4.73. The molecule has 5 rings (SSSR count). The zero-order valence-corrected chi connectivity index (χ0v) is 21.2. The summed E-state index contributed by atoms with van der Waals surface area (Å²) in [6.07, 6.45) is 0.674. The van der Waals surface area contributed by atoms with Crippen LogP contribution in [0.4, 0.5) is 30.7 Å². The Morgan fingerprint density at radius 1 is 0.897 bits per heavy atom. The number of alkyl halides is 3. The number of hydrogen-bond acceptors (Lipinski definition) is 7. The maximum absolute atomic E-state index is 13.6. The van der Waals surface area contributed by atoms with Gasteiger partial charge in [0.1, 0.15) is 5.82 Å². The quantitative estimate of drug-likeness (QED) is 0.464. The second-order valence-electron chi connectivity index (χ2n) is 9.68. The number of pyridine rings is 1. The van der Waals surface area contributed by atoms with E-state index in [9.17, 15) is 22.8 Å². The van der Waals surface area contributed by atoms with Crippen molar-refractivity contribution >= 4 is 29.3 Å². The lowest BCUT2D eigenvalue weighted by Crippen LogP contribution is -2.44. The fourth-order valence-corrected chi connectivity index (χ4v) is 4.82. The number of rotatable bonds is 6. The van der Waals surface area contributed by atoms with Gasteiger partial charge >= 0.3 is 6.18 Å². The molecule has 1 aromatic carbocycles. The van der Waals surface area contributed by atoms with Crippen LogP contribution in [0.1, 0.15) is 58.7 Å². The molecule has 3 aromatic rings. The molecule has 0 aliphatic carbocycles. The van der Waals surface area contributed by atoms with Gasteiger partial charge in [-0.25, -0.2) is 4.98 Å². The van der Waals surface area contributed by atoms with Crippen molar-refractivity contribution in [2.75, 3.05) is 41.3 Å². The fourth-order valence-electron chi connectivity index (χ4n) is 4.82. The van der Waals surface area contributed by atoms with E-state index in [0.29, 0.717) is 37.6 Å². The maximum Gasteiger partial charge on any atom is 0.437 e. The van der Waals surface area contributed by atoms with Crippen molar-refractivity contribution in [2.45, 2.75) is 44.3 Å². The number of carbonyl (C=O) groups is 2. The van der Waals surface area contributed by atoms with Gasteiger partial charge < -0.3 is 24.9 Å². The molecule has 2 fully saturated rings. The molecule has 0 bridgehead atoms. The number of oxazole rings is 1. The zero-order valence-electron chi connectivity index (χ0n) is 21.2. The number of nitrogens with zero attached hydrogens (tertiary/aromatic N) is 4. The molecule has 0 atom stereocenters. The number of benzene rings is 1. The molecule has 2 amide bonds. The molecular weight excluding hydrogens is 513 g/mol. The topological polar surface area (TPSA) is 104 Å².